The molecule has 3 aliphatic rings. The molecule has 0 bridgehead atoms. The number of ether oxygens (including phenoxy) is 3. The van der Waals surface area contributed by atoms with Gasteiger partial charge in [-0.3, -0.25) is 4.90 Å². The fourth-order valence-corrected chi connectivity index (χ4v) is 4.93. The standard InChI is InChI=1S/C20H29NO3/c1-3-24-19-13-20(18-12-16(22-2)4-5-17(18)19)7-9-21(10-8-20)15-6-11-23-14-15/h4-5,12,15,19H,3,6-11,13-14H2,1-2H3/t15-,19-/m0/s1. The zero-order valence-electron chi connectivity index (χ0n) is 14.9. The van der Waals surface area contributed by atoms with Crippen molar-refractivity contribution >= 4 is 0 Å². The molecule has 1 aromatic carbocycles. The highest BCUT2D eigenvalue weighted by Gasteiger charge is 2.46. The van der Waals surface area contributed by atoms with Crippen molar-refractivity contribution in [1.29, 1.82) is 0 Å². The van der Waals surface area contributed by atoms with Crippen LogP contribution in [0.25, 0.3) is 0 Å². The molecule has 2 heterocycles. The van der Waals surface area contributed by atoms with E-state index in [0.717, 1.165) is 32.0 Å². The molecule has 0 N–H and O–H groups in total. The molecular weight excluding hydrogens is 302 g/mol. The van der Waals surface area contributed by atoms with E-state index in [0.29, 0.717) is 6.04 Å². The molecule has 2 saturated heterocycles. The lowest BCUT2D eigenvalue weighted by Gasteiger charge is -2.42. The molecule has 24 heavy (non-hydrogen) atoms. The average Bonchev–Trinajstić information content (AvgIpc) is 3.24. The molecule has 4 nitrogen and oxygen atoms in total. The highest BCUT2D eigenvalue weighted by Crippen LogP contribution is 2.53. The molecule has 2 atom stereocenters. The van der Waals surface area contributed by atoms with Crippen LogP contribution in [-0.4, -0.2) is 51.0 Å². The van der Waals surface area contributed by atoms with Crippen molar-refractivity contribution in [1.82, 2.24) is 4.90 Å². The summed E-state index contributed by atoms with van der Waals surface area (Å²) in [5, 5.41) is 0. The van der Waals surface area contributed by atoms with E-state index in [1.807, 2.05) is 0 Å². The molecule has 1 spiro atoms. The van der Waals surface area contributed by atoms with Crippen LogP contribution in [0.3, 0.4) is 0 Å². The van der Waals surface area contributed by atoms with Crippen molar-refractivity contribution < 1.29 is 14.2 Å². The number of piperidine rings is 1. The first-order chi connectivity index (χ1) is 11.8. The second-order valence-corrected chi connectivity index (χ2v) is 7.44. The Morgan fingerprint density at radius 2 is 2.12 bits per heavy atom. The summed E-state index contributed by atoms with van der Waals surface area (Å²) in [6, 6.07) is 7.20. The Bertz CT molecular complexity index is 574. The number of hydrogen-bond acceptors (Lipinski definition) is 4. The Balaban J connectivity index is 1.57. The van der Waals surface area contributed by atoms with Crippen LogP contribution < -0.4 is 4.74 Å². The number of fused-ring (bicyclic) bond motifs is 2. The van der Waals surface area contributed by atoms with Crippen molar-refractivity contribution in [3.05, 3.63) is 29.3 Å². The molecule has 0 saturated carbocycles. The van der Waals surface area contributed by atoms with Gasteiger partial charge < -0.3 is 14.2 Å². The topological polar surface area (TPSA) is 30.9 Å². The first kappa shape index (κ1) is 16.4. The minimum Gasteiger partial charge on any atom is -0.497 e. The Morgan fingerprint density at radius 1 is 1.29 bits per heavy atom. The minimum absolute atomic E-state index is 0.247. The molecule has 4 heteroatoms. The van der Waals surface area contributed by atoms with Crippen molar-refractivity contribution in [3.63, 3.8) is 0 Å². The van der Waals surface area contributed by atoms with Crippen LogP contribution in [0.5, 0.6) is 5.75 Å². The van der Waals surface area contributed by atoms with Gasteiger partial charge in [0.25, 0.3) is 0 Å². The highest BCUT2D eigenvalue weighted by molar-refractivity contribution is 5.46. The maximum absolute atomic E-state index is 6.08. The van der Waals surface area contributed by atoms with E-state index in [-0.39, 0.29) is 11.5 Å². The molecule has 2 aliphatic heterocycles. The second-order valence-electron chi connectivity index (χ2n) is 7.44. The summed E-state index contributed by atoms with van der Waals surface area (Å²) < 4.78 is 17.2. The molecule has 1 aromatic rings. The quantitative estimate of drug-likeness (QED) is 0.847. The van der Waals surface area contributed by atoms with Crippen LogP contribution in [-0.2, 0) is 14.9 Å². The molecular formula is C20H29NO3. The van der Waals surface area contributed by atoms with E-state index in [4.69, 9.17) is 14.2 Å². The maximum atomic E-state index is 6.08. The molecule has 4 rings (SSSR count). The monoisotopic (exact) mass is 331 g/mol. The largest absolute Gasteiger partial charge is 0.497 e. The number of methoxy groups -OCH3 is 1. The van der Waals surface area contributed by atoms with Gasteiger partial charge in [-0.2, -0.15) is 0 Å². The van der Waals surface area contributed by atoms with Crippen LogP contribution in [0.15, 0.2) is 18.2 Å². The molecule has 0 amide bonds. The first-order valence-corrected chi connectivity index (χ1v) is 9.37. The van der Waals surface area contributed by atoms with E-state index in [2.05, 4.69) is 30.0 Å². The predicted octanol–water partition coefficient (Wildman–Crippen LogP) is 3.30. The Kier molecular flexibility index (Phi) is 4.54. The fraction of sp³-hybridized carbons (Fsp3) is 0.700. The van der Waals surface area contributed by atoms with E-state index in [1.54, 1.807) is 7.11 Å². The van der Waals surface area contributed by atoms with Gasteiger partial charge in [0.15, 0.2) is 0 Å². The third-order valence-electron chi connectivity index (χ3n) is 6.30. The smallest absolute Gasteiger partial charge is 0.119 e. The zero-order chi connectivity index (χ0) is 16.6. The van der Waals surface area contributed by atoms with Crippen LogP contribution in [0.4, 0.5) is 0 Å². The van der Waals surface area contributed by atoms with Crippen LogP contribution in [0.2, 0.25) is 0 Å². The van der Waals surface area contributed by atoms with Gasteiger partial charge in [-0.1, -0.05) is 6.07 Å². The van der Waals surface area contributed by atoms with Crippen LogP contribution in [0, 0.1) is 0 Å². The third-order valence-corrected chi connectivity index (χ3v) is 6.30. The van der Waals surface area contributed by atoms with Crippen LogP contribution >= 0.6 is 0 Å². The van der Waals surface area contributed by atoms with Gasteiger partial charge in [-0.15, -0.1) is 0 Å². The lowest BCUT2D eigenvalue weighted by Crippen LogP contribution is -2.46. The van der Waals surface area contributed by atoms with Gasteiger partial charge in [-0.25, -0.2) is 0 Å². The maximum Gasteiger partial charge on any atom is 0.119 e. The highest BCUT2D eigenvalue weighted by atomic mass is 16.5. The molecule has 0 aromatic heterocycles. The molecule has 132 valence electrons. The van der Waals surface area contributed by atoms with E-state index in [9.17, 15) is 0 Å². The van der Waals surface area contributed by atoms with Gasteiger partial charge in [0, 0.05) is 24.7 Å². The summed E-state index contributed by atoms with van der Waals surface area (Å²) in [4.78, 5) is 2.64. The summed E-state index contributed by atoms with van der Waals surface area (Å²) in [6.45, 7) is 7.05. The zero-order valence-corrected chi connectivity index (χ0v) is 14.9. The lowest BCUT2D eigenvalue weighted by molar-refractivity contribution is 0.0345. The van der Waals surface area contributed by atoms with Gasteiger partial charge in [0.05, 0.1) is 19.8 Å². The average molecular weight is 331 g/mol. The number of likely N-dealkylation sites (tertiary alicyclic amines) is 1. The Morgan fingerprint density at radius 3 is 2.79 bits per heavy atom. The first-order valence-electron chi connectivity index (χ1n) is 9.37. The molecule has 1 aliphatic carbocycles. The number of hydrogen-bond donors (Lipinski definition) is 0. The van der Waals surface area contributed by atoms with Crippen molar-refractivity contribution in [2.75, 3.05) is 40.0 Å². The normalized spacial score (nSPS) is 29.1. The van der Waals surface area contributed by atoms with E-state index >= 15 is 0 Å². The summed E-state index contributed by atoms with van der Waals surface area (Å²) in [5.74, 6) is 0.969. The molecule has 0 radical (unpaired) electrons. The second kappa shape index (κ2) is 6.66. The summed E-state index contributed by atoms with van der Waals surface area (Å²) in [5.41, 5.74) is 3.12. The Hall–Kier alpha value is -1.10. The van der Waals surface area contributed by atoms with Gasteiger partial charge in [-0.05, 0) is 69.0 Å². The summed E-state index contributed by atoms with van der Waals surface area (Å²) in [6.07, 6.45) is 5.00. The molecule has 2 fully saturated rings. The van der Waals surface area contributed by atoms with Gasteiger partial charge >= 0.3 is 0 Å². The van der Waals surface area contributed by atoms with Crippen molar-refractivity contribution in [3.8, 4) is 5.75 Å². The molecule has 0 unspecified atom stereocenters. The number of nitrogens with zero attached hydrogens (tertiary/aromatic N) is 1. The van der Waals surface area contributed by atoms with E-state index < -0.39 is 0 Å². The van der Waals surface area contributed by atoms with Crippen molar-refractivity contribution in [2.24, 2.45) is 0 Å². The minimum atomic E-state index is 0.247. The van der Waals surface area contributed by atoms with E-state index in [1.165, 1.54) is 43.5 Å². The number of benzene rings is 1. The predicted molar refractivity (Wildman–Crippen MR) is 93.7 cm³/mol. The van der Waals surface area contributed by atoms with Gasteiger partial charge in [0.2, 0.25) is 0 Å². The fourth-order valence-electron chi connectivity index (χ4n) is 4.93. The van der Waals surface area contributed by atoms with Crippen LogP contribution in [0.1, 0.15) is 49.8 Å². The number of rotatable bonds is 4. The Labute approximate surface area is 145 Å². The summed E-state index contributed by atoms with van der Waals surface area (Å²) >= 11 is 0. The van der Waals surface area contributed by atoms with Gasteiger partial charge in [0.1, 0.15) is 5.75 Å². The summed E-state index contributed by atoms with van der Waals surface area (Å²) in [7, 11) is 1.76. The SMILES string of the molecule is CCO[C@H]1CC2(CCN([C@H]3CCOC3)CC2)c2cc(OC)ccc21. The van der Waals surface area contributed by atoms with Crippen molar-refractivity contribution in [2.45, 2.75) is 50.2 Å². The lowest BCUT2D eigenvalue weighted by atomic mass is 9.73. The third kappa shape index (κ3) is 2.75.